The molecule has 1 heterocycles. The molecule has 1 aliphatic rings. The van der Waals surface area contributed by atoms with E-state index in [0.717, 1.165) is 19.4 Å². The fourth-order valence-electron chi connectivity index (χ4n) is 1.23. The molecule has 0 amide bonds. The monoisotopic (exact) mass is 126 g/mol. The van der Waals surface area contributed by atoms with E-state index in [9.17, 15) is 4.79 Å². The molecule has 1 aliphatic heterocycles. The molecule has 9 heavy (non-hydrogen) atoms. The quantitative estimate of drug-likeness (QED) is 0.512. The Bertz CT molecular complexity index is 124. The molecule has 1 rings (SSSR count). The van der Waals surface area contributed by atoms with Crippen LogP contribution in [0.1, 0.15) is 19.8 Å². The standard InChI is InChI=1S/C7H12NO/c1-7(6-9)4-3-5-8(7)2/h3-5H2,1-2H3/t7-/m0/s1. The van der Waals surface area contributed by atoms with Gasteiger partial charge in [0.2, 0.25) is 6.29 Å². The smallest absolute Gasteiger partial charge is 0.220 e. The van der Waals surface area contributed by atoms with E-state index < -0.39 is 0 Å². The normalized spacial score (nSPS) is 37.1. The highest BCUT2D eigenvalue weighted by atomic mass is 16.1. The first-order valence-corrected chi connectivity index (χ1v) is 3.29. The first-order valence-electron chi connectivity index (χ1n) is 3.29. The van der Waals surface area contributed by atoms with Crippen molar-refractivity contribution in [1.29, 1.82) is 0 Å². The number of likely N-dealkylation sites (tertiary alicyclic amines) is 1. The van der Waals surface area contributed by atoms with Crippen molar-refractivity contribution in [2.24, 2.45) is 0 Å². The van der Waals surface area contributed by atoms with Crippen LogP contribution in [0.2, 0.25) is 0 Å². The second-order valence-electron chi connectivity index (χ2n) is 2.90. The van der Waals surface area contributed by atoms with Gasteiger partial charge in [0.1, 0.15) is 0 Å². The molecule has 1 radical (unpaired) electrons. The van der Waals surface area contributed by atoms with Crippen LogP contribution < -0.4 is 0 Å². The molecule has 0 aromatic rings. The van der Waals surface area contributed by atoms with E-state index in [1.165, 1.54) is 0 Å². The number of nitrogens with zero attached hydrogens (tertiary/aromatic N) is 1. The number of likely N-dealkylation sites (N-methyl/N-ethyl adjacent to an activating group) is 1. The molecule has 0 bridgehead atoms. The molecule has 0 saturated carbocycles. The van der Waals surface area contributed by atoms with Gasteiger partial charge in [-0.1, -0.05) is 0 Å². The topological polar surface area (TPSA) is 20.3 Å². The fourth-order valence-corrected chi connectivity index (χ4v) is 1.23. The van der Waals surface area contributed by atoms with Gasteiger partial charge in [0.15, 0.2) is 0 Å². The SMILES string of the molecule is CN1CCC[C@@]1(C)[C]=O. The molecular formula is C7H12NO. The average molecular weight is 126 g/mol. The second-order valence-corrected chi connectivity index (χ2v) is 2.90. The Morgan fingerprint density at radius 1 is 1.67 bits per heavy atom. The van der Waals surface area contributed by atoms with Crippen molar-refractivity contribution in [1.82, 2.24) is 4.90 Å². The summed E-state index contributed by atoms with van der Waals surface area (Å²) >= 11 is 0. The van der Waals surface area contributed by atoms with E-state index in [4.69, 9.17) is 0 Å². The lowest BCUT2D eigenvalue weighted by Crippen LogP contribution is -2.39. The maximum Gasteiger partial charge on any atom is 0.220 e. The van der Waals surface area contributed by atoms with E-state index >= 15 is 0 Å². The van der Waals surface area contributed by atoms with Crippen LogP contribution in [0.15, 0.2) is 0 Å². The molecule has 2 heteroatoms. The third-order valence-electron chi connectivity index (χ3n) is 2.22. The molecule has 0 spiro atoms. The number of hydrogen-bond acceptors (Lipinski definition) is 2. The van der Waals surface area contributed by atoms with Crippen LogP contribution >= 0.6 is 0 Å². The fraction of sp³-hybridized carbons (Fsp3) is 0.857. The summed E-state index contributed by atoms with van der Waals surface area (Å²) in [6.07, 6.45) is 4.16. The summed E-state index contributed by atoms with van der Waals surface area (Å²) < 4.78 is 0. The minimum atomic E-state index is -0.278. The molecule has 0 unspecified atom stereocenters. The average Bonchev–Trinajstić information content (AvgIpc) is 2.15. The Morgan fingerprint density at radius 3 is 2.56 bits per heavy atom. The van der Waals surface area contributed by atoms with Crippen molar-refractivity contribution < 1.29 is 4.79 Å². The van der Waals surface area contributed by atoms with Gasteiger partial charge >= 0.3 is 0 Å². The van der Waals surface area contributed by atoms with E-state index in [1.807, 2.05) is 14.0 Å². The van der Waals surface area contributed by atoms with Gasteiger partial charge in [0, 0.05) is 0 Å². The molecule has 0 aromatic carbocycles. The summed E-state index contributed by atoms with van der Waals surface area (Å²) in [6.45, 7) is 2.97. The predicted octanol–water partition coefficient (Wildman–Crippen LogP) is 0.580. The highest BCUT2D eigenvalue weighted by Gasteiger charge is 2.34. The van der Waals surface area contributed by atoms with Crippen molar-refractivity contribution in [2.45, 2.75) is 25.3 Å². The zero-order valence-electron chi connectivity index (χ0n) is 5.98. The van der Waals surface area contributed by atoms with E-state index in [1.54, 1.807) is 0 Å². The van der Waals surface area contributed by atoms with E-state index in [-0.39, 0.29) is 5.54 Å². The predicted molar refractivity (Wildman–Crippen MR) is 36.0 cm³/mol. The Labute approximate surface area is 55.8 Å². The molecular weight excluding hydrogens is 114 g/mol. The molecule has 0 N–H and O–H groups in total. The van der Waals surface area contributed by atoms with Gasteiger partial charge in [-0.05, 0) is 33.4 Å². The third kappa shape index (κ3) is 0.990. The zero-order valence-corrected chi connectivity index (χ0v) is 5.98. The number of carbonyl (C=O) groups excluding carboxylic acids is 1. The van der Waals surface area contributed by atoms with Crippen molar-refractivity contribution >= 4 is 6.29 Å². The maximum absolute atomic E-state index is 10.4. The maximum atomic E-state index is 10.4. The van der Waals surface area contributed by atoms with Crippen LogP contribution in [0.3, 0.4) is 0 Å². The Hall–Kier alpha value is -0.370. The second kappa shape index (κ2) is 2.10. The summed E-state index contributed by atoms with van der Waals surface area (Å²) in [6, 6.07) is 0. The summed E-state index contributed by atoms with van der Waals surface area (Å²) in [4.78, 5) is 12.4. The lowest BCUT2D eigenvalue weighted by atomic mass is 10.0. The van der Waals surface area contributed by atoms with Crippen LogP contribution in [0.5, 0.6) is 0 Å². The lowest BCUT2D eigenvalue weighted by molar-refractivity contribution is 0.263. The minimum Gasteiger partial charge on any atom is -0.294 e. The van der Waals surface area contributed by atoms with Gasteiger partial charge in [-0.25, -0.2) is 0 Å². The van der Waals surface area contributed by atoms with Crippen molar-refractivity contribution in [3.63, 3.8) is 0 Å². The van der Waals surface area contributed by atoms with Crippen LogP contribution in [0.4, 0.5) is 0 Å². The largest absolute Gasteiger partial charge is 0.294 e. The highest BCUT2D eigenvalue weighted by Crippen LogP contribution is 2.24. The molecule has 0 aromatic heterocycles. The highest BCUT2D eigenvalue weighted by molar-refractivity contribution is 5.64. The Kier molecular flexibility index (Phi) is 1.58. The molecule has 1 atom stereocenters. The zero-order chi connectivity index (χ0) is 6.91. The first-order chi connectivity index (χ1) is 4.19. The van der Waals surface area contributed by atoms with Gasteiger partial charge < -0.3 is 0 Å². The molecule has 0 aliphatic carbocycles. The summed E-state index contributed by atoms with van der Waals surface area (Å²) in [7, 11) is 1.97. The molecule has 1 fully saturated rings. The summed E-state index contributed by atoms with van der Waals surface area (Å²) in [5.41, 5.74) is -0.278. The van der Waals surface area contributed by atoms with Crippen LogP contribution in [-0.4, -0.2) is 30.3 Å². The summed E-state index contributed by atoms with van der Waals surface area (Å²) in [5.74, 6) is 0. The van der Waals surface area contributed by atoms with Crippen LogP contribution in [-0.2, 0) is 4.79 Å². The van der Waals surface area contributed by atoms with Crippen LogP contribution in [0, 0.1) is 0 Å². The lowest BCUT2D eigenvalue weighted by Gasteiger charge is -2.23. The summed E-state index contributed by atoms with van der Waals surface area (Å²) in [5, 5.41) is 0. The van der Waals surface area contributed by atoms with Gasteiger partial charge in [-0.15, -0.1) is 0 Å². The van der Waals surface area contributed by atoms with Gasteiger partial charge in [0.25, 0.3) is 0 Å². The van der Waals surface area contributed by atoms with Gasteiger partial charge in [-0.2, -0.15) is 0 Å². The molecule has 1 saturated heterocycles. The number of hydrogen-bond donors (Lipinski definition) is 0. The van der Waals surface area contributed by atoms with Crippen molar-refractivity contribution in [3.05, 3.63) is 0 Å². The Morgan fingerprint density at radius 2 is 2.33 bits per heavy atom. The molecule has 2 nitrogen and oxygen atoms in total. The van der Waals surface area contributed by atoms with Gasteiger partial charge in [0.05, 0.1) is 5.54 Å². The van der Waals surface area contributed by atoms with Crippen molar-refractivity contribution in [3.8, 4) is 0 Å². The first kappa shape index (κ1) is 6.75. The van der Waals surface area contributed by atoms with Crippen LogP contribution in [0.25, 0.3) is 0 Å². The van der Waals surface area contributed by atoms with Crippen molar-refractivity contribution in [2.75, 3.05) is 13.6 Å². The van der Waals surface area contributed by atoms with E-state index in [2.05, 4.69) is 11.2 Å². The number of rotatable bonds is 1. The van der Waals surface area contributed by atoms with E-state index in [0.29, 0.717) is 0 Å². The Balaban J connectivity index is 2.66. The van der Waals surface area contributed by atoms with Gasteiger partial charge in [-0.3, -0.25) is 9.69 Å². The molecule has 51 valence electrons. The third-order valence-corrected chi connectivity index (χ3v) is 2.22. The minimum absolute atomic E-state index is 0.278.